The second-order valence-corrected chi connectivity index (χ2v) is 4.55. The van der Waals surface area contributed by atoms with Crippen molar-refractivity contribution in [3.8, 4) is 5.75 Å². The zero-order valence-corrected chi connectivity index (χ0v) is 12.9. The first-order valence-corrected chi connectivity index (χ1v) is 6.48. The van der Waals surface area contributed by atoms with Gasteiger partial charge in [0.05, 0.1) is 6.61 Å². The van der Waals surface area contributed by atoms with Crippen molar-refractivity contribution in [1.29, 1.82) is 0 Å². The number of ether oxygens (including phenoxy) is 1. The molecule has 0 atom stereocenters. The quantitative estimate of drug-likeness (QED) is 0.431. The van der Waals surface area contributed by atoms with Crippen molar-refractivity contribution in [3.05, 3.63) is 41.0 Å². The third kappa shape index (κ3) is 4.86. The number of rotatable bonds is 3. The monoisotopic (exact) mass is 337 g/mol. The van der Waals surface area contributed by atoms with Crippen molar-refractivity contribution in [2.75, 3.05) is 6.61 Å². The summed E-state index contributed by atoms with van der Waals surface area (Å²) in [6.45, 7) is 0.266. The summed E-state index contributed by atoms with van der Waals surface area (Å²) in [4.78, 5) is 26.1. The fourth-order valence-electron chi connectivity index (χ4n) is 2.03. The zero-order valence-electron chi connectivity index (χ0n) is 12.1. The largest absolute Gasteiger partial charge is 0.492 e. The Kier molecular flexibility index (Phi) is 6.35. The number of aliphatic imine (C=N–C) groups is 1. The Balaban J connectivity index is 0.00000264. The van der Waals surface area contributed by atoms with Crippen LogP contribution in [0.25, 0.3) is 12.2 Å². The van der Waals surface area contributed by atoms with Crippen molar-refractivity contribution < 1.29 is 19.4 Å². The molecule has 0 unspecified atom stereocenters. The second-order valence-electron chi connectivity index (χ2n) is 4.55. The lowest BCUT2D eigenvalue weighted by molar-refractivity contribution is -0.131. The first-order valence-electron chi connectivity index (χ1n) is 6.48. The number of carbonyl (C=O) groups excluding carboxylic acids is 1. The second kappa shape index (κ2) is 8.00. The lowest BCUT2D eigenvalue weighted by Crippen LogP contribution is -2.24. The predicted molar refractivity (Wildman–Crippen MR) is 89.3 cm³/mol. The summed E-state index contributed by atoms with van der Waals surface area (Å²) in [5, 5.41) is 8.71. The van der Waals surface area contributed by atoms with Crippen LogP contribution in [-0.4, -0.2) is 29.5 Å². The molecule has 0 saturated carbocycles. The fourth-order valence-corrected chi connectivity index (χ4v) is 2.03. The number of carboxylic acid groups (broad SMARTS) is 1. The standard InChI is InChI=1S/C15H15N3O4.ClH/c16-15(17)18-14(21)11-6-7-22-13-9(4-5-12(19)20)2-1-3-10(13)8-11;/h1-5,8H,6-7H2,(H,19,20)(H4,16,17,18,21);1H. The van der Waals surface area contributed by atoms with Gasteiger partial charge in [-0.05, 0) is 12.2 Å². The van der Waals surface area contributed by atoms with Crippen LogP contribution >= 0.6 is 12.4 Å². The summed E-state index contributed by atoms with van der Waals surface area (Å²) in [5.41, 5.74) is 12.1. The molecule has 1 aliphatic rings. The summed E-state index contributed by atoms with van der Waals surface area (Å²) in [7, 11) is 0. The van der Waals surface area contributed by atoms with E-state index in [1.807, 2.05) is 0 Å². The summed E-state index contributed by atoms with van der Waals surface area (Å²) < 4.78 is 5.64. The molecule has 0 radical (unpaired) electrons. The minimum atomic E-state index is -1.05. The number of carboxylic acids is 1. The molecule has 0 fully saturated rings. The zero-order chi connectivity index (χ0) is 16.1. The van der Waals surface area contributed by atoms with Gasteiger partial charge < -0.3 is 21.3 Å². The first kappa shape index (κ1) is 18.2. The van der Waals surface area contributed by atoms with E-state index in [0.717, 1.165) is 6.08 Å². The van der Waals surface area contributed by atoms with Gasteiger partial charge in [-0.2, -0.15) is 4.99 Å². The Morgan fingerprint density at radius 2 is 2.04 bits per heavy atom. The average Bonchev–Trinajstić information content (AvgIpc) is 2.66. The number of aliphatic carboxylic acids is 1. The molecule has 1 heterocycles. The Morgan fingerprint density at radius 1 is 1.30 bits per heavy atom. The Morgan fingerprint density at radius 3 is 2.70 bits per heavy atom. The molecule has 0 spiro atoms. The van der Waals surface area contributed by atoms with Crippen LogP contribution in [0.1, 0.15) is 17.5 Å². The molecule has 1 aromatic carbocycles. The van der Waals surface area contributed by atoms with E-state index in [1.54, 1.807) is 24.3 Å². The van der Waals surface area contributed by atoms with Crippen molar-refractivity contribution in [1.82, 2.24) is 0 Å². The number of guanidine groups is 1. The van der Waals surface area contributed by atoms with Crippen molar-refractivity contribution >= 4 is 42.4 Å². The van der Waals surface area contributed by atoms with E-state index in [0.29, 0.717) is 28.9 Å². The highest BCUT2D eigenvalue weighted by atomic mass is 35.5. The number of nitrogens with zero attached hydrogens (tertiary/aromatic N) is 1. The van der Waals surface area contributed by atoms with Crippen LogP contribution in [0, 0.1) is 0 Å². The number of amides is 1. The Bertz CT molecular complexity index is 707. The first-order chi connectivity index (χ1) is 10.5. The van der Waals surface area contributed by atoms with Gasteiger partial charge in [-0.25, -0.2) is 4.79 Å². The van der Waals surface area contributed by atoms with Crippen molar-refractivity contribution in [3.63, 3.8) is 0 Å². The molecular formula is C15H16ClN3O4. The lowest BCUT2D eigenvalue weighted by atomic mass is 10.0. The normalized spacial score (nSPS) is 13.0. The number of benzene rings is 1. The van der Waals surface area contributed by atoms with E-state index in [1.165, 1.54) is 6.08 Å². The van der Waals surface area contributed by atoms with E-state index in [9.17, 15) is 9.59 Å². The minimum Gasteiger partial charge on any atom is -0.492 e. The van der Waals surface area contributed by atoms with Crippen molar-refractivity contribution in [2.24, 2.45) is 16.5 Å². The number of para-hydroxylation sites is 1. The summed E-state index contributed by atoms with van der Waals surface area (Å²) in [5.74, 6) is -1.34. The van der Waals surface area contributed by atoms with Gasteiger partial charge in [-0.3, -0.25) is 4.79 Å². The highest BCUT2D eigenvalue weighted by Gasteiger charge is 2.16. The van der Waals surface area contributed by atoms with Gasteiger partial charge in [-0.15, -0.1) is 12.4 Å². The number of hydrogen-bond acceptors (Lipinski definition) is 3. The molecule has 0 saturated heterocycles. The molecule has 2 rings (SSSR count). The highest BCUT2D eigenvalue weighted by Crippen LogP contribution is 2.30. The highest BCUT2D eigenvalue weighted by molar-refractivity contribution is 6.04. The molecule has 1 amide bonds. The molecule has 23 heavy (non-hydrogen) atoms. The molecule has 122 valence electrons. The summed E-state index contributed by atoms with van der Waals surface area (Å²) in [6.07, 6.45) is 4.47. The molecular weight excluding hydrogens is 322 g/mol. The minimum absolute atomic E-state index is 0. The van der Waals surface area contributed by atoms with Crippen LogP contribution in [0.15, 0.2) is 34.8 Å². The molecule has 7 nitrogen and oxygen atoms in total. The van der Waals surface area contributed by atoms with Crippen LogP contribution in [0.2, 0.25) is 0 Å². The third-order valence-electron chi connectivity index (χ3n) is 2.93. The van der Waals surface area contributed by atoms with Gasteiger partial charge in [0.25, 0.3) is 5.91 Å². The maximum Gasteiger partial charge on any atom is 0.328 e. The predicted octanol–water partition coefficient (Wildman–Crippen LogP) is 1.17. The summed E-state index contributed by atoms with van der Waals surface area (Å²) >= 11 is 0. The SMILES string of the molecule is Cl.NC(N)=NC(=O)C1=Cc2cccc(C=CC(=O)O)c2OCC1. The number of nitrogens with two attached hydrogens (primary N) is 2. The van der Waals surface area contributed by atoms with Crippen LogP contribution in [0.4, 0.5) is 0 Å². The number of fused-ring (bicyclic) bond motifs is 1. The third-order valence-corrected chi connectivity index (χ3v) is 2.93. The van der Waals surface area contributed by atoms with Crippen LogP contribution in [-0.2, 0) is 9.59 Å². The Hall–Kier alpha value is -2.80. The summed E-state index contributed by atoms with van der Waals surface area (Å²) in [6, 6.07) is 5.24. The van der Waals surface area contributed by atoms with Gasteiger partial charge >= 0.3 is 5.97 Å². The van der Waals surface area contributed by atoms with Crippen LogP contribution < -0.4 is 16.2 Å². The number of hydrogen-bond donors (Lipinski definition) is 3. The van der Waals surface area contributed by atoms with Crippen LogP contribution in [0.5, 0.6) is 5.75 Å². The van der Waals surface area contributed by atoms with Gasteiger partial charge in [0.2, 0.25) is 0 Å². The molecule has 0 bridgehead atoms. The van der Waals surface area contributed by atoms with Gasteiger partial charge in [0.1, 0.15) is 5.75 Å². The molecule has 1 aliphatic heterocycles. The molecule has 1 aromatic rings. The average molecular weight is 338 g/mol. The molecule has 8 heteroatoms. The smallest absolute Gasteiger partial charge is 0.328 e. The van der Waals surface area contributed by atoms with Gasteiger partial charge in [-0.1, -0.05) is 18.2 Å². The van der Waals surface area contributed by atoms with E-state index in [2.05, 4.69) is 4.99 Å². The van der Waals surface area contributed by atoms with E-state index in [-0.39, 0.29) is 25.0 Å². The number of carbonyl (C=O) groups is 2. The van der Waals surface area contributed by atoms with Crippen LogP contribution in [0.3, 0.4) is 0 Å². The van der Waals surface area contributed by atoms with Gasteiger partial charge in [0, 0.05) is 29.2 Å². The maximum absolute atomic E-state index is 11.9. The fraction of sp³-hybridized carbons (Fsp3) is 0.133. The maximum atomic E-state index is 11.9. The number of halogens is 1. The molecule has 0 aromatic heterocycles. The Labute approximate surface area is 138 Å². The van der Waals surface area contributed by atoms with Gasteiger partial charge in [0.15, 0.2) is 5.96 Å². The lowest BCUT2D eigenvalue weighted by Gasteiger charge is -2.09. The molecule has 5 N–H and O–H groups in total. The molecule has 0 aliphatic carbocycles. The van der Waals surface area contributed by atoms with E-state index < -0.39 is 11.9 Å². The van der Waals surface area contributed by atoms with Crippen molar-refractivity contribution in [2.45, 2.75) is 6.42 Å². The van der Waals surface area contributed by atoms with E-state index in [4.69, 9.17) is 21.3 Å². The topological polar surface area (TPSA) is 128 Å². The van der Waals surface area contributed by atoms with E-state index >= 15 is 0 Å².